The second kappa shape index (κ2) is 8.78. The highest BCUT2D eigenvalue weighted by Crippen LogP contribution is 2.35. The van der Waals surface area contributed by atoms with E-state index in [1.807, 2.05) is 24.3 Å². The van der Waals surface area contributed by atoms with Crippen molar-refractivity contribution in [3.8, 4) is 33.1 Å². The van der Waals surface area contributed by atoms with E-state index >= 15 is 0 Å². The molecule has 7 rings (SSSR count). The number of thiophene rings is 1. The van der Waals surface area contributed by atoms with E-state index in [9.17, 15) is 8.78 Å². The van der Waals surface area contributed by atoms with E-state index in [2.05, 4.69) is 50.3 Å². The Balaban J connectivity index is 1.24. The molecule has 0 unspecified atom stereocenters. The third-order valence-corrected chi connectivity index (χ3v) is 8.00. The number of aromatic nitrogens is 6. The van der Waals surface area contributed by atoms with Crippen molar-refractivity contribution in [2.75, 3.05) is 13.1 Å². The molecule has 6 aromatic rings. The van der Waals surface area contributed by atoms with Gasteiger partial charge in [-0.15, -0.1) is 11.3 Å². The van der Waals surface area contributed by atoms with Crippen LogP contribution in [0.3, 0.4) is 0 Å². The van der Waals surface area contributed by atoms with Crippen molar-refractivity contribution in [3.05, 3.63) is 71.5 Å². The van der Waals surface area contributed by atoms with Gasteiger partial charge in [-0.3, -0.25) is 15.0 Å². The smallest absolute Gasteiger partial charge is 0.261 e. The largest absolute Gasteiger partial charge is 0.335 e. The molecule has 0 aliphatic carbocycles. The van der Waals surface area contributed by atoms with Gasteiger partial charge in [0.1, 0.15) is 5.69 Å². The number of alkyl halides is 2. The lowest BCUT2D eigenvalue weighted by Crippen LogP contribution is -2.24. The van der Waals surface area contributed by atoms with Crippen LogP contribution in [0.1, 0.15) is 16.9 Å². The normalized spacial score (nSPS) is 15.7. The summed E-state index contributed by atoms with van der Waals surface area (Å²) in [6.07, 6.45) is 5.23. The number of aryl methyl sites for hydroxylation is 1. The van der Waals surface area contributed by atoms with E-state index < -0.39 is 5.92 Å². The molecule has 1 fully saturated rings. The molecule has 2 N–H and O–H groups in total. The first-order valence-electron chi connectivity index (χ1n) is 12.4. The maximum atomic E-state index is 13.6. The van der Waals surface area contributed by atoms with Crippen molar-refractivity contribution in [1.82, 2.24) is 35.0 Å². The first kappa shape index (κ1) is 23.1. The van der Waals surface area contributed by atoms with Crippen molar-refractivity contribution in [2.24, 2.45) is 0 Å². The Hall–Kier alpha value is -4.02. The number of hydrogen-bond donors (Lipinski definition) is 2. The summed E-state index contributed by atoms with van der Waals surface area (Å²) in [6.45, 7) is 2.73. The van der Waals surface area contributed by atoms with Crippen LogP contribution in [0, 0.1) is 6.92 Å². The van der Waals surface area contributed by atoms with E-state index in [0.29, 0.717) is 30.3 Å². The number of halogens is 2. The number of hydrogen-bond acceptors (Lipinski definition) is 6. The van der Waals surface area contributed by atoms with Gasteiger partial charge in [0.2, 0.25) is 0 Å². The molecular weight excluding hydrogens is 504 g/mol. The second-order valence-electron chi connectivity index (χ2n) is 9.78. The summed E-state index contributed by atoms with van der Waals surface area (Å²) in [7, 11) is 0. The van der Waals surface area contributed by atoms with Crippen LogP contribution in [0.25, 0.3) is 55.2 Å². The van der Waals surface area contributed by atoms with Crippen LogP contribution in [0.5, 0.6) is 0 Å². The summed E-state index contributed by atoms with van der Waals surface area (Å²) in [5.74, 6) is -1.97. The minimum absolute atomic E-state index is 0.0914. The fourth-order valence-corrected chi connectivity index (χ4v) is 6.01. The number of nitrogens with one attached hydrogen (secondary N) is 2. The van der Waals surface area contributed by atoms with Crippen molar-refractivity contribution in [1.29, 1.82) is 0 Å². The highest BCUT2D eigenvalue weighted by atomic mass is 32.1. The van der Waals surface area contributed by atoms with Crippen LogP contribution in [0.2, 0.25) is 0 Å². The third-order valence-electron chi connectivity index (χ3n) is 6.97. The minimum Gasteiger partial charge on any atom is -0.335 e. The van der Waals surface area contributed by atoms with Gasteiger partial charge < -0.3 is 4.98 Å². The molecule has 38 heavy (non-hydrogen) atoms. The lowest BCUT2D eigenvalue weighted by atomic mass is 10.0. The summed E-state index contributed by atoms with van der Waals surface area (Å²) >= 11 is 1.73. The number of likely N-dealkylation sites (tertiary alicyclic amines) is 1. The molecule has 0 amide bonds. The number of H-pyrrole nitrogens is 2. The Morgan fingerprint density at radius 2 is 2.00 bits per heavy atom. The number of rotatable bonds is 5. The van der Waals surface area contributed by atoms with E-state index in [-0.39, 0.29) is 13.0 Å². The zero-order valence-corrected chi connectivity index (χ0v) is 21.3. The fraction of sp³-hybridized carbons (Fsp3) is 0.214. The number of benzene rings is 1. The summed E-state index contributed by atoms with van der Waals surface area (Å²) in [6, 6.07) is 14.3. The Bertz CT molecular complexity index is 1800. The molecule has 1 aromatic carbocycles. The van der Waals surface area contributed by atoms with Crippen molar-refractivity contribution in [2.45, 2.75) is 25.8 Å². The van der Waals surface area contributed by atoms with E-state index in [1.54, 1.807) is 34.8 Å². The summed E-state index contributed by atoms with van der Waals surface area (Å²) in [4.78, 5) is 21.3. The first-order valence-corrected chi connectivity index (χ1v) is 13.2. The standard InChI is InChI=1S/C28H23F2N7S/c1-16-2-5-23(38-16)20-6-8-32-26-24(20)33-27(34-26)25-21-11-18(3-4-22(21)35-36-25)19-10-17(12-31-13-19)14-37-9-7-28(29,30)15-37/h2-6,8,10-13H,7,9,14-15H2,1H3,(H,35,36)(H,32,33,34). The monoisotopic (exact) mass is 527 g/mol. The second-order valence-corrected chi connectivity index (χ2v) is 11.1. The maximum absolute atomic E-state index is 13.6. The summed E-state index contributed by atoms with van der Waals surface area (Å²) in [5, 5.41) is 8.59. The molecule has 1 aliphatic heterocycles. The van der Waals surface area contributed by atoms with Gasteiger partial charge in [-0.2, -0.15) is 5.10 Å². The molecule has 0 atom stereocenters. The third kappa shape index (κ3) is 4.15. The highest BCUT2D eigenvalue weighted by Gasteiger charge is 2.37. The topological polar surface area (TPSA) is 86.4 Å². The molecule has 7 nitrogen and oxygen atoms in total. The van der Waals surface area contributed by atoms with E-state index in [0.717, 1.165) is 43.6 Å². The quantitative estimate of drug-likeness (QED) is 0.269. The zero-order chi connectivity index (χ0) is 25.9. The van der Waals surface area contributed by atoms with Crippen LogP contribution in [-0.2, 0) is 6.54 Å². The van der Waals surface area contributed by atoms with E-state index in [4.69, 9.17) is 4.98 Å². The molecule has 0 radical (unpaired) electrons. The van der Waals surface area contributed by atoms with Crippen LogP contribution >= 0.6 is 11.3 Å². The van der Waals surface area contributed by atoms with Crippen LogP contribution < -0.4 is 0 Å². The van der Waals surface area contributed by atoms with Gasteiger partial charge in [0.25, 0.3) is 5.92 Å². The Morgan fingerprint density at radius 3 is 2.82 bits per heavy atom. The van der Waals surface area contributed by atoms with Gasteiger partial charge >= 0.3 is 0 Å². The zero-order valence-electron chi connectivity index (χ0n) is 20.5. The first-order chi connectivity index (χ1) is 18.4. The van der Waals surface area contributed by atoms with Crippen LogP contribution in [0.15, 0.2) is 61.1 Å². The van der Waals surface area contributed by atoms with Crippen molar-refractivity contribution in [3.63, 3.8) is 0 Å². The minimum atomic E-state index is -2.61. The molecule has 1 saturated heterocycles. The SMILES string of the molecule is Cc1ccc(-c2ccnc3nc(-c4n[nH]c5ccc(-c6cncc(CN7CCC(F)(F)C7)c6)cc45)[nH]c23)s1. The molecule has 1 aliphatic rings. The van der Waals surface area contributed by atoms with Gasteiger partial charge in [0.15, 0.2) is 11.5 Å². The average Bonchev–Trinajstić information content (AvgIpc) is 3.69. The van der Waals surface area contributed by atoms with Gasteiger partial charge in [-0.1, -0.05) is 6.07 Å². The Morgan fingerprint density at radius 1 is 1.08 bits per heavy atom. The number of imidazole rings is 1. The number of pyridine rings is 2. The lowest BCUT2D eigenvalue weighted by Gasteiger charge is -2.15. The number of aromatic amines is 2. The molecular formula is C28H23F2N7S. The molecule has 10 heteroatoms. The van der Waals surface area contributed by atoms with Crippen molar-refractivity contribution < 1.29 is 8.78 Å². The average molecular weight is 528 g/mol. The van der Waals surface area contributed by atoms with Crippen LogP contribution in [0.4, 0.5) is 8.78 Å². The molecule has 6 heterocycles. The molecule has 190 valence electrons. The Labute approximate surface area is 220 Å². The van der Waals surface area contributed by atoms with Crippen LogP contribution in [-0.4, -0.2) is 54.0 Å². The number of fused-ring (bicyclic) bond motifs is 2. The molecule has 0 bridgehead atoms. The number of nitrogens with zero attached hydrogens (tertiary/aromatic N) is 5. The van der Waals surface area contributed by atoms with Gasteiger partial charge in [0, 0.05) is 64.4 Å². The predicted molar refractivity (Wildman–Crippen MR) is 145 cm³/mol. The molecule has 5 aromatic heterocycles. The summed E-state index contributed by atoms with van der Waals surface area (Å²) < 4.78 is 27.3. The van der Waals surface area contributed by atoms with Crippen molar-refractivity contribution >= 4 is 33.4 Å². The Kier molecular flexibility index (Phi) is 5.34. The van der Waals surface area contributed by atoms with E-state index in [1.165, 1.54) is 4.88 Å². The lowest BCUT2D eigenvalue weighted by molar-refractivity contribution is 0.0115. The highest BCUT2D eigenvalue weighted by molar-refractivity contribution is 7.15. The maximum Gasteiger partial charge on any atom is 0.261 e. The predicted octanol–water partition coefficient (Wildman–Crippen LogP) is 6.44. The fourth-order valence-electron chi connectivity index (χ4n) is 5.11. The van der Waals surface area contributed by atoms with Gasteiger partial charge in [-0.05, 0) is 54.4 Å². The van der Waals surface area contributed by atoms with Gasteiger partial charge in [0.05, 0.1) is 17.6 Å². The molecule has 0 saturated carbocycles. The van der Waals surface area contributed by atoms with Gasteiger partial charge in [-0.25, -0.2) is 18.7 Å². The molecule has 0 spiro atoms. The summed E-state index contributed by atoms with van der Waals surface area (Å²) in [5.41, 5.74) is 6.96.